The Morgan fingerprint density at radius 1 is 1.14 bits per heavy atom. The molecule has 2 saturated heterocycles. The van der Waals surface area contributed by atoms with Crippen molar-refractivity contribution in [3.8, 4) is 0 Å². The molecular weight excluding hydrogens is 262 g/mol. The number of nitrogens with zero attached hydrogens (tertiary/aromatic N) is 3. The van der Waals surface area contributed by atoms with Crippen molar-refractivity contribution in [3.05, 3.63) is 29.6 Å². The lowest BCUT2D eigenvalue weighted by Crippen LogP contribution is -2.53. The van der Waals surface area contributed by atoms with E-state index in [9.17, 15) is 5.11 Å². The number of hydrogen-bond acceptors (Lipinski definition) is 4. The van der Waals surface area contributed by atoms with Crippen LogP contribution in [0.4, 0.5) is 0 Å². The molecule has 21 heavy (non-hydrogen) atoms. The van der Waals surface area contributed by atoms with Gasteiger partial charge in [0.05, 0.1) is 11.3 Å². The molecule has 3 heterocycles. The molecule has 116 valence electrons. The van der Waals surface area contributed by atoms with Crippen molar-refractivity contribution >= 4 is 0 Å². The second kappa shape index (κ2) is 6.42. The Kier molecular flexibility index (Phi) is 4.57. The molecule has 4 heteroatoms. The zero-order valence-corrected chi connectivity index (χ0v) is 13.1. The van der Waals surface area contributed by atoms with Gasteiger partial charge >= 0.3 is 0 Å². The zero-order valence-electron chi connectivity index (χ0n) is 13.1. The van der Waals surface area contributed by atoms with Gasteiger partial charge in [0.1, 0.15) is 0 Å². The Morgan fingerprint density at radius 3 is 2.67 bits per heavy atom. The molecule has 0 amide bonds. The highest BCUT2D eigenvalue weighted by atomic mass is 16.3. The first-order valence-electron chi connectivity index (χ1n) is 8.23. The summed E-state index contributed by atoms with van der Waals surface area (Å²) in [6, 6.07) is 6.18. The second-order valence-electron chi connectivity index (χ2n) is 6.79. The highest BCUT2D eigenvalue weighted by Crippen LogP contribution is 2.25. The molecule has 4 nitrogen and oxygen atoms in total. The van der Waals surface area contributed by atoms with Gasteiger partial charge in [-0.05, 0) is 64.4 Å². The van der Waals surface area contributed by atoms with Crippen LogP contribution >= 0.6 is 0 Å². The normalized spacial score (nSPS) is 28.1. The Balaban J connectivity index is 1.59. The number of pyridine rings is 1. The third-order valence-corrected chi connectivity index (χ3v) is 4.68. The molecule has 0 bridgehead atoms. The minimum atomic E-state index is -0.535. The fraction of sp³-hybridized carbons (Fsp3) is 0.706. The van der Waals surface area contributed by atoms with Crippen LogP contribution < -0.4 is 0 Å². The number of piperidine rings is 1. The highest BCUT2D eigenvalue weighted by molar-refractivity contribution is 5.10. The molecule has 2 aliphatic heterocycles. The first-order valence-corrected chi connectivity index (χ1v) is 8.23. The van der Waals surface area contributed by atoms with Crippen LogP contribution in [0, 0.1) is 6.92 Å². The SMILES string of the molecule is Cc1cccc(CN2CCC[C@](O)(CN3CCCC3)C2)n1. The van der Waals surface area contributed by atoms with Gasteiger partial charge in [0.2, 0.25) is 0 Å². The van der Waals surface area contributed by atoms with Gasteiger partial charge in [-0.3, -0.25) is 9.88 Å². The number of aliphatic hydroxyl groups is 1. The maximum Gasteiger partial charge on any atom is 0.0900 e. The van der Waals surface area contributed by atoms with Crippen LogP contribution in [0.15, 0.2) is 18.2 Å². The Labute approximate surface area is 127 Å². The summed E-state index contributed by atoms with van der Waals surface area (Å²) in [6.07, 6.45) is 4.58. The van der Waals surface area contributed by atoms with E-state index in [0.29, 0.717) is 0 Å². The molecule has 1 N–H and O–H groups in total. The van der Waals surface area contributed by atoms with Crippen LogP contribution in [-0.2, 0) is 6.54 Å². The molecule has 3 rings (SSSR count). The van der Waals surface area contributed by atoms with Crippen LogP contribution in [0.3, 0.4) is 0 Å². The summed E-state index contributed by atoms with van der Waals surface area (Å²) in [6.45, 7) is 7.87. The van der Waals surface area contributed by atoms with Gasteiger partial charge in [-0.1, -0.05) is 6.07 Å². The van der Waals surface area contributed by atoms with Crippen LogP contribution in [0.25, 0.3) is 0 Å². The summed E-state index contributed by atoms with van der Waals surface area (Å²) >= 11 is 0. The second-order valence-corrected chi connectivity index (χ2v) is 6.79. The average molecular weight is 289 g/mol. The summed E-state index contributed by atoms with van der Waals surface area (Å²) in [7, 11) is 0. The van der Waals surface area contributed by atoms with Gasteiger partial charge in [0.25, 0.3) is 0 Å². The first kappa shape index (κ1) is 14.9. The van der Waals surface area contributed by atoms with Crippen molar-refractivity contribution < 1.29 is 5.11 Å². The van der Waals surface area contributed by atoms with E-state index in [2.05, 4.69) is 26.9 Å². The predicted octanol–water partition coefficient (Wildman–Crippen LogP) is 1.81. The first-order chi connectivity index (χ1) is 10.1. The van der Waals surface area contributed by atoms with Gasteiger partial charge in [-0.2, -0.15) is 0 Å². The molecule has 0 saturated carbocycles. The molecule has 2 aliphatic rings. The van der Waals surface area contributed by atoms with Crippen molar-refractivity contribution in [1.82, 2.24) is 14.8 Å². The number of aryl methyl sites for hydroxylation is 1. The van der Waals surface area contributed by atoms with E-state index in [1.165, 1.54) is 12.8 Å². The van der Waals surface area contributed by atoms with Gasteiger partial charge < -0.3 is 10.0 Å². The third kappa shape index (κ3) is 4.02. The van der Waals surface area contributed by atoms with E-state index >= 15 is 0 Å². The third-order valence-electron chi connectivity index (χ3n) is 4.68. The van der Waals surface area contributed by atoms with Crippen molar-refractivity contribution in [2.45, 2.75) is 44.8 Å². The summed E-state index contributed by atoms with van der Waals surface area (Å²) in [5.74, 6) is 0. The fourth-order valence-corrected chi connectivity index (χ4v) is 3.74. The minimum Gasteiger partial charge on any atom is -0.387 e. The average Bonchev–Trinajstić information content (AvgIpc) is 2.91. The quantitative estimate of drug-likeness (QED) is 0.918. The maximum absolute atomic E-state index is 10.9. The lowest BCUT2D eigenvalue weighted by atomic mass is 9.92. The summed E-state index contributed by atoms with van der Waals surface area (Å²) < 4.78 is 0. The molecular formula is C17H27N3O. The minimum absolute atomic E-state index is 0.535. The summed E-state index contributed by atoms with van der Waals surface area (Å²) in [5, 5.41) is 10.9. The number of likely N-dealkylation sites (tertiary alicyclic amines) is 2. The van der Waals surface area contributed by atoms with Gasteiger partial charge in [0, 0.05) is 25.3 Å². The standard InChI is InChI=1S/C17H27N3O/c1-15-6-4-7-16(18-15)12-20-11-5-8-17(21,14-20)13-19-9-2-3-10-19/h4,6-7,21H,2-3,5,8-14H2,1H3/t17-/m0/s1. The Bertz CT molecular complexity index is 473. The van der Waals surface area contributed by atoms with Crippen molar-refractivity contribution in [3.63, 3.8) is 0 Å². The van der Waals surface area contributed by atoms with E-state index in [0.717, 1.165) is 63.5 Å². The van der Waals surface area contributed by atoms with E-state index in [1.807, 2.05) is 13.0 Å². The lowest BCUT2D eigenvalue weighted by molar-refractivity contribution is -0.0521. The van der Waals surface area contributed by atoms with E-state index in [1.54, 1.807) is 0 Å². The molecule has 1 atom stereocenters. The maximum atomic E-state index is 10.9. The predicted molar refractivity (Wildman–Crippen MR) is 84.1 cm³/mol. The van der Waals surface area contributed by atoms with Crippen LogP contribution in [0.2, 0.25) is 0 Å². The monoisotopic (exact) mass is 289 g/mol. The Morgan fingerprint density at radius 2 is 1.90 bits per heavy atom. The lowest BCUT2D eigenvalue weighted by Gasteiger charge is -2.41. The van der Waals surface area contributed by atoms with E-state index in [4.69, 9.17) is 0 Å². The molecule has 1 aromatic rings. The van der Waals surface area contributed by atoms with Crippen molar-refractivity contribution in [2.75, 3.05) is 32.7 Å². The van der Waals surface area contributed by atoms with Crippen LogP contribution in [-0.4, -0.2) is 58.2 Å². The van der Waals surface area contributed by atoms with E-state index in [-0.39, 0.29) is 0 Å². The zero-order chi connectivity index (χ0) is 14.7. The highest BCUT2D eigenvalue weighted by Gasteiger charge is 2.35. The number of β-amino-alcohol motifs (C(OH)–C–C–N with tert-alkyl or cyclic N) is 1. The largest absolute Gasteiger partial charge is 0.387 e. The number of aromatic nitrogens is 1. The molecule has 0 aromatic carbocycles. The van der Waals surface area contributed by atoms with E-state index < -0.39 is 5.60 Å². The molecule has 1 aromatic heterocycles. The van der Waals surface area contributed by atoms with Crippen molar-refractivity contribution in [2.24, 2.45) is 0 Å². The van der Waals surface area contributed by atoms with Gasteiger partial charge in [-0.25, -0.2) is 0 Å². The van der Waals surface area contributed by atoms with Crippen LogP contribution in [0.1, 0.15) is 37.1 Å². The number of rotatable bonds is 4. The van der Waals surface area contributed by atoms with Crippen LogP contribution in [0.5, 0.6) is 0 Å². The summed E-state index contributed by atoms with van der Waals surface area (Å²) in [5.41, 5.74) is 1.64. The molecule has 0 radical (unpaired) electrons. The molecule has 2 fully saturated rings. The topological polar surface area (TPSA) is 39.6 Å². The van der Waals surface area contributed by atoms with Gasteiger partial charge in [0.15, 0.2) is 0 Å². The summed E-state index contributed by atoms with van der Waals surface area (Å²) in [4.78, 5) is 9.37. The smallest absolute Gasteiger partial charge is 0.0900 e. The fourth-order valence-electron chi connectivity index (χ4n) is 3.74. The van der Waals surface area contributed by atoms with Gasteiger partial charge in [-0.15, -0.1) is 0 Å². The molecule has 0 unspecified atom stereocenters. The number of hydrogen-bond donors (Lipinski definition) is 1. The molecule has 0 aliphatic carbocycles. The Hall–Kier alpha value is -0.970. The molecule has 0 spiro atoms. The van der Waals surface area contributed by atoms with Crippen molar-refractivity contribution in [1.29, 1.82) is 0 Å².